The number of benzene rings is 2. The molecule has 2 rings (SSSR count). The van der Waals surface area contributed by atoms with Gasteiger partial charge in [0.1, 0.15) is 5.75 Å². The van der Waals surface area contributed by atoms with E-state index in [1.165, 1.54) is 18.2 Å². The van der Waals surface area contributed by atoms with E-state index < -0.39 is 11.9 Å². The lowest BCUT2D eigenvalue weighted by atomic mass is 10.2. The van der Waals surface area contributed by atoms with Crippen LogP contribution in [0, 0.1) is 0 Å². The number of carboxylic acids is 1. The minimum Gasteiger partial charge on any atom is -0.491 e. The summed E-state index contributed by atoms with van der Waals surface area (Å²) in [5, 5.41) is 14.2. The molecule has 0 aliphatic rings. The van der Waals surface area contributed by atoms with Crippen molar-refractivity contribution in [1.29, 1.82) is 0 Å². The van der Waals surface area contributed by atoms with E-state index in [1.807, 2.05) is 6.92 Å². The van der Waals surface area contributed by atoms with E-state index in [0.717, 1.165) is 6.42 Å². The molecule has 0 heterocycles. The molecule has 2 aromatic rings. The van der Waals surface area contributed by atoms with Crippen LogP contribution in [0.2, 0.25) is 0 Å². The number of hydrogen-bond donors (Lipinski definition) is 3. The second kappa shape index (κ2) is 9.22. The van der Waals surface area contributed by atoms with Crippen molar-refractivity contribution in [3.8, 4) is 5.75 Å². The highest BCUT2D eigenvalue weighted by Crippen LogP contribution is 2.26. The van der Waals surface area contributed by atoms with Crippen LogP contribution in [0.1, 0.15) is 34.1 Å². The van der Waals surface area contributed by atoms with Crippen molar-refractivity contribution in [2.24, 2.45) is 0 Å². The van der Waals surface area contributed by atoms with Gasteiger partial charge in [-0.1, -0.05) is 25.1 Å². The number of carbonyl (C=O) groups excluding carboxylic acids is 2. The Bertz CT molecular complexity index is 790. The van der Waals surface area contributed by atoms with Gasteiger partial charge in [0.15, 0.2) is 0 Å². The van der Waals surface area contributed by atoms with Gasteiger partial charge in [-0.15, -0.1) is 0 Å². The average molecular weight is 356 g/mol. The van der Waals surface area contributed by atoms with E-state index >= 15 is 0 Å². The Morgan fingerprint density at radius 2 is 1.77 bits per heavy atom. The van der Waals surface area contributed by atoms with Crippen LogP contribution in [-0.2, 0) is 4.79 Å². The van der Waals surface area contributed by atoms with Gasteiger partial charge in [0.25, 0.3) is 5.91 Å². The van der Waals surface area contributed by atoms with Gasteiger partial charge in [-0.25, -0.2) is 4.79 Å². The fraction of sp³-hybridized carbons (Fsp3) is 0.211. The summed E-state index contributed by atoms with van der Waals surface area (Å²) in [6, 6.07) is 12.7. The summed E-state index contributed by atoms with van der Waals surface area (Å²) in [6.45, 7) is 2.11. The quantitative estimate of drug-likeness (QED) is 0.674. The van der Waals surface area contributed by atoms with Gasteiger partial charge < -0.3 is 20.5 Å². The maximum Gasteiger partial charge on any atom is 0.335 e. The Morgan fingerprint density at radius 1 is 1.04 bits per heavy atom. The van der Waals surface area contributed by atoms with Crippen LogP contribution in [0.15, 0.2) is 48.5 Å². The average Bonchev–Trinajstić information content (AvgIpc) is 2.65. The number of carboxylic acid groups (broad SMARTS) is 1. The number of nitrogens with one attached hydrogen (secondary N) is 2. The number of rotatable bonds is 8. The molecule has 136 valence electrons. The maximum atomic E-state index is 12.1. The van der Waals surface area contributed by atoms with E-state index in [2.05, 4.69) is 10.6 Å². The lowest BCUT2D eigenvalue weighted by molar-refractivity contribution is -0.115. The van der Waals surface area contributed by atoms with Gasteiger partial charge >= 0.3 is 5.97 Å². The van der Waals surface area contributed by atoms with Crippen molar-refractivity contribution in [3.63, 3.8) is 0 Å². The van der Waals surface area contributed by atoms with Crippen LogP contribution in [0.3, 0.4) is 0 Å². The zero-order valence-electron chi connectivity index (χ0n) is 14.3. The summed E-state index contributed by atoms with van der Waals surface area (Å²) < 4.78 is 5.52. The summed E-state index contributed by atoms with van der Waals surface area (Å²) in [4.78, 5) is 35.2. The molecule has 0 aliphatic carbocycles. The molecular weight excluding hydrogens is 336 g/mol. The molecular formula is C19H20N2O5. The first kappa shape index (κ1) is 19.0. The molecule has 0 saturated heterocycles. The molecule has 0 fully saturated rings. The Labute approximate surface area is 151 Å². The van der Waals surface area contributed by atoms with Crippen LogP contribution in [0.4, 0.5) is 5.69 Å². The van der Waals surface area contributed by atoms with Crippen molar-refractivity contribution >= 4 is 23.5 Å². The normalized spacial score (nSPS) is 10.0. The van der Waals surface area contributed by atoms with E-state index in [0.29, 0.717) is 17.9 Å². The first-order valence-corrected chi connectivity index (χ1v) is 8.14. The summed E-state index contributed by atoms with van der Waals surface area (Å²) in [6.07, 6.45) is 0.765. The SMILES string of the molecule is CCCOc1ccc(C(=O)O)cc1NC(=O)CNC(=O)c1ccccc1. The molecule has 0 saturated carbocycles. The number of ether oxygens (including phenoxy) is 1. The fourth-order valence-corrected chi connectivity index (χ4v) is 2.15. The van der Waals surface area contributed by atoms with E-state index in [9.17, 15) is 14.4 Å². The molecule has 0 bridgehead atoms. The van der Waals surface area contributed by atoms with Crippen LogP contribution in [0.25, 0.3) is 0 Å². The van der Waals surface area contributed by atoms with Crippen LogP contribution >= 0.6 is 0 Å². The highest BCUT2D eigenvalue weighted by atomic mass is 16.5. The second-order valence-electron chi connectivity index (χ2n) is 5.46. The van der Waals surface area contributed by atoms with E-state index in [-0.39, 0.29) is 23.7 Å². The fourth-order valence-electron chi connectivity index (χ4n) is 2.15. The third kappa shape index (κ3) is 5.34. The van der Waals surface area contributed by atoms with E-state index in [4.69, 9.17) is 9.84 Å². The van der Waals surface area contributed by atoms with Crippen LogP contribution in [-0.4, -0.2) is 36.0 Å². The highest BCUT2D eigenvalue weighted by molar-refractivity contribution is 6.00. The number of aromatic carboxylic acids is 1. The highest BCUT2D eigenvalue weighted by Gasteiger charge is 2.13. The predicted molar refractivity (Wildman–Crippen MR) is 96.6 cm³/mol. The van der Waals surface area contributed by atoms with Crippen molar-refractivity contribution < 1.29 is 24.2 Å². The molecule has 0 atom stereocenters. The first-order chi connectivity index (χ1) is 12.5. The molecule has 0 unspecified atom stereocenters. The standard InChI is InChI=1S/C19H20N2O5/c1-2-10-26-16-9-8-14(19(24)25)11-15(16)21-17(22)12-20-18(23)13-6-4-3-5-7-13/h3-9,11H,2,10,12H2,1H3,(H,20,23)(H,21,22)(H,24,25). The predicted octanol–water partition coefficient (Wildman–Crippen LogP) is 2.54. The Morgan fingerprint density at radius 3 is 2.42 bits per heavy atom. The lowest BCUT2D eigenvalue weighted by Crippen LogP contribution is -2.33. The third-order valence-electron chi connectivity index (χ3n) is 3.41. The molecule has 0 radical (unpaired) electrons. The van der Waals surface area contributed by atoms with Gasteiger partial charge in [-0.05, 0) is 36.8 Å². The van der Waals surface area contributed by atoms with Crippen molar-refractivity contribution in [3.05, 3.63) is 59.7 Å². The molecule has 7 heteroatoms. The summed E-state index contributed by atoms with van der Waals surface area (Å²) >= 11 is 0. The minimum absolute atomic E-state index is 0.0254. The van der Waals surface area contributed by atoms with Crippen LogP contribution < -0.4 is 15.4 Å². The zero-order valence-corrected chi connectivity index (χ0v) is 14.3. The molecule has 26 heavy (non-hydrogen) atoms. The molecule has 2 aromatic carbocycles. The smallest absolute Gasteiger partial charge is 0.335 e. The summed E-state index contributed by atoms with van der Waals surface area (Å²) in [7, 11) is 0. The Kier molecular flexibility index (Phi) is 6.73. The van der Waals surface area contributed by atoms with Gasteiger partial charge in [0, 0.05) is 5.56 Å². The zero-order chi connectivity index (χ0) is 18.9. The van der Waals surface area contributed by atoms with Gasteiger partial charge in [0.2, 0.25) is 5.91 Å². The number of carbonyl (C=O) groups is 3. The molecule has 7 nitrogen and oxygen atoms in total. The molecule has 2 amide bonds. The van der Waals surface area contributed by atoms with Crippen molar-refractivity contribution in [2.75, 3.05) is 18.5 Å². The Hall–Kier alpha value is -3.35. The summed E-state index contributed by atoms with van der Waals surface area (Å²) in [5.41, 5.74) is 0.718. The van der Waals surface area contributed by atoms with Crippen molar-refractivity contribution in [2.45, 2.75) is 13.3 Å². The Balaban J connectivity index is 2.03. The molecule has 0 aromatic heterocycles. The largest absolute Gasteiger partial charge is 0.491 e. The molecule has 0 spiro atoms. The maximum absolute atomic E-state index is 12.1. The van der Waals surface area contributed by atoms with Gasteiger partial charge in [-0.2, -0.15) is 0 Å². The van der Waals surface area contributed by atoms with E-state index in [1.54, 1.807) is 30.3 Å². The number of anilines is 1. The van der Waals surface area contributed by atoms with Crippen LogP contribution in [0.5, 0.6) is 5.75 Å². The molecule has 3 N–H and O–H groups in total. The first-order valence-electron chi connectivity index (χ1n) is 8.14. The number of hydrogen-bond acceptors (Lipinski definition) is 4. The minimum atomic E-state index is -1.11. The van der Waals surface area contributed by atoms with Gasteiger partial charge in [-0.3, -0.25) is 9.59 Å². The molecule has 0 aliphatic heterocycles. The number of amides is 2. The topological polar surface area (TPSA) is 105 Å². The lowest BCUT2D eigenvalue weighted by Gasteiger charge is -2.13. The second-order valence-corrected chi connectivity index (χ2v) is 5.46. The monoisotopic (exact) mass is 356 g/mol. The third-order valence-corrected chi connectivity index (χ3v) is 3.41. The van der Waals surface area contributed by atoms with Gasteiger partial charge in [0.05, 0.1) is 24.4 Å². The van der Waals surface area contributed by atoms with Crippen molar-refractivity contribution in [1.82, 2.24) is 5.32 Å². The summed E-state index contributed by atoms with van der Waals surface area (Å²) in [5.74, 6) is -1.60.